The topological polar surface area (TPSA) is 65.7 Å². The molecular formula is C29H26BrCl2N3O3. The average molecular weight is 615 g/mol. The Hall–Kier alpha value is -2.87. The minimum atomic E-state index is -0.168. The summed E-state index contributed by atoms with van der Waals surface area (Å²) >= 11 is 15.9. The van der Waals surface area contributed by atoms with Crippen molar-refractivity contribution in [2.75, 3.05) is 7.11 Å². The smallest absolute Gasteiger partial charge is 0.282 e. The van der Waals surface area contributed by atoms with Gasteiger partial charge in [0.15, 0.2) is 11.5 Å². The van der Waals surface area contributed by atoms with Gasteiger partial charge in [-0.05, 0) is 70.7 Å². The van der Waals surface area contributed by atoms with Crippen LogP contribution < -0.4 is 15.0 Å². The molecular weight excluding hydrogens is 589 g/mol. The van der Waals surface area contributed by atoms with Gasteiger partial charge >= 0.3 is 0 Å². The summed E-state index contributed by atoms with van der Waals surface area (Å²) in [5, 5.41) is 6.27. The van der Waals surface area contributed by atoms with Crippen LogP contribution in [0.15, 0.2) is 69.0 Å². The minimum absolute atomic E-state index is 0.168. The number of fused-ring (bicyclic) bond motifs is 1. The van der Waals surface area contributed by atoms with Crippen LogP contribution in [0.5, 0.6) is 11.5 Å². The summed E-state index contributed by atoms with van der Waals surface area (Å²) in [7, 11) is 1.57. The monoisotopic (exact) mass is 613 g/mol. The molecule has 4 aromatic rings. The zero-order valence-electron chi connectivity index (χ0n) is 20.8. The Balaban J connectivity index is 1.47. The maximum atomic E-state index is 13.5. The lowest BCUT2D eigenvalue weighted by molar-refractivity contribution is 0.282. The predicted octanol–water partition coefficient (Wildman–Crippen LogP) is 7.98. The molecule has 0 unspecified atom stereocenters. The minimum Gasteiger partial charge on any atom is -0.493 e. The third-order valence-corrected chi connectivity index (χ3v) is 7.89. The molecule has 38 heavy (non-hydrogen) atoms. The van der Waals surface area contributed by atoms with Crippen molar-refractivity contribution < 1.29 is 9.47 Å². The molecule has 0 amide bonds. The van der Waals surface area contributed by atoms with E-state index in [-0.39, 0.29) is 18.1 Å². The Morgan fingerprint density at radius 2 is 1.89 bits per heavy atom. The first-order valence-corrected chi connectivity index (χ1v) is 14.0. The lowest BCUT2D eigenvalue weighted by Crippen LogP contribution is -2.25. The number of hydrogen-bond acceptors (Lipinski definition) is 5. The van der Waals surface area contributed by atoms with Crippen molar-refractivity contribution in [1.29, 1.82) is 0 Å². The zero-order valence-corrected chi connectivity index (χ0v) is 23.9. The number of nitrogens with zero attached hydrogens (tertiary/aromatic N) is 3. The molecule has 1 aliphatic rings. The maximum Gasteiger partial charge on any atom is 0.282 e. The number of aromatic nitrogens is 2. The summed E-state index contributed by atoms with van der Waals surface area (Å²) in [6, 6.07) is 16.4. The van der Waals surface area contributed by atoms with Crippen molar-refractivity contribution >= 4 is 56.2 Å². The number of para-hydroxylation sites is 1. The zero-order chi connectivity index (χ0) is 26.6. The molecule has 5 rings (SSSR count). The van der Waals surface area contributed by atoms with E-state index in [1.54, 1.807) is 31.5 Å². The lowest BCUT2D eigenvalue weighted by Gasteiger charge is -2.22. The van der Waals surface area contributed by atoms with Gasteiger partial charge in [-0.2, -0.15) is 9.78 Å². The lowest BCUT2D eigenvalue weighted by atomic mass is 9.88. The van der Waals surface area contributed by atoms with Gasteiger partial charge in [-0.3, -0.25) is 4.79 Å². The fourth-order valence-electron chi connectivity index (χ4n) is 4.74. The SMILES string of the molecule is COc1cc(C=Nn2c(C3CCCCC3)nc3ccccc3c2=O)cc(Br)c1OCc1ccc(Cl)cc1Cl. The summed E-state index contributed by atoms with van der Waals surface area (Å²) in [4.78, 5) is 18.3. The third kappa shape index (κ3) is 5.75. The van der Waals surface area contributed by atoms with E-state index < -0.39 is 0 Å². The number of ether oxygens (including phenoxy) is 2. The van der Waals surface area contributed by atoms with Crippen LogP contribution in [0, 0.1) is 0 Å². The molecule has 9 heteroatoms. The van der Waals surface area contributed by atoms with Gasteiger partial charge in [-0.1, -0.05) is 60.7 Å². The molecule has 0 aliphatic heterocycles. The van der Waals surface area contributed by atoms with Crippen LogP contribution in [0.1, 0.15) is 55.0 Å². The summed E-state index contributed by atoms with van der Waals surface area (Å²) in [5.74, 6) is 1.97. The third-order valence-electron chi connectivity index (χ3n) is 6.71. The van der Waals surface area contributed by atoms with Gasteiger partial charge in [-0.15, -0.1) is 0 Å². The summed E-state index contributed by atoms with van der Waals surface area (Å²) in [6.07, 6.45) is 7.13. The second-order valence-electron chi connectivity index (χ2n) is 9.24. The molecule has 0 N–H and O–H groups in total. The van der Waals surface area contributed by atoms with Crippen LogP contribution in [0.3, 0.4) is 0 Å². The van der Waals surface area contributed by atoms with Crippen molar-refractivity contribution in [1.82, 2.24) is 9.66 Å². The number of rotatable bonds is 7. The van der Waals surface area contributed by atoms with E-state index in [0.717, 1.165) is 42.6 Å². The van der Waals surface area contributed by atoms with Crippen molar-refractivity contribution in [2.45, 2.75) is 44.6 Å². The molecule has 1 fully saturated rings. The molecule has 6 nitrogen and oxygen atoms in total. The van der Waals surface area contributed by atoms with E-state index in [1.807, 2.05) is 36.4 Å². The molecule has 3 aromatic carbocycles. The normalized spacial score (nSPS) is 14.3. The Morgan fingerprint density at radius 1 is 1.11 bits per heavy atom. The quantitative estimate of drug-likeness (QED) is 0.198. The van der Waals surface area contributed by atoms with Gasteiger partial charge in [0.2, 0.25) is 0 Å². The van der Waals surface area contributed by atoms with Crippen molar-refractivity contribution in [3.05, 3.63) is 96.4 Å². The van der Waals surface area contributed by atoms with E-state index >= 15 is 0 Å². The highest BCUT2D eigenvalue weighted by molar-refractivity contribution is 9.10. The van der Waals surface area contributed by atoms with E-state index in [4.69, 9.17) is 37.7 Å². The highest BCUT2D eigenvalue weighted by atomic mass is 79.9. The second-order valence-corrected chi connectivity index (χ2v) is 10.9. The van der Waals surface area contributed by atoms with Crippen LogP contribution in [0.25, 0.3) is 10.9 Å². The standard InChI is InChI=1S/C29H26BrCl2N3O3/c1-37-26-14-18(13-23(30)27(26)38-17-20-11-12-21(31)15-24(20)32)16-33-35-28(19-7-3-2-4-8-19)34-25-10-6-5-9-22(25)29(35)36/h5-6,9-16,19H,2-4,7-8,17H2,1H3. The molecule has 0 saturated heterocycles. The number of hydrogen-bond donors (Lipinski definition) is 0. The van der Waals surface area contributed by atoms with Crippen LogP contribution >= 0.6 is 39.1 Å². The van der Waals surface area contributed by atoms with Crippen LogP contribution in [0.2, 0.25) is 10.0 Å². The van der Waals surface area contributed by atoms with Gasteiger partial charge in [0.25, 0.3) is 5.56 Å². The van der Waals surface area contributed by atoms with Crippen molar-refractivity contribution in [3.8, 4) is 11.5 Å². The fraction of sp³-hybridized carbons (Fsp3) is 0.276. The van der Waals surface area contributed by atoms with Gasteiger partial charge < -0.3 is 9.47 Å². The Labute approximate surface area is 239 Å². The number of benzene rings is 3. The highest BCUT2D eigenvalue weighted by Crippen LogP contribution is 2.37. The first kappa shape index (κ1) is 26.7. The number of methoxy groups -OCH3 is 1. The predicted molar refractivity (Wildman–Crippen MR) is 156 cm³/mol. The van der Waals surface area contributed by atoms with Gasteiger partial charge in [0, 0.05) is 21.5 Å². The first-order chi connectivity index (χ1) is 18.4. The van der Waals surface area contributed by atoms with E-state index in [2.05, 4.69) is 21.0 Å². The van der Waals surface area contributed by atoms with Gasteiger partial charge in [0.1, 0.15) is 12.4 Å². The van der Waals surface area contributed by atoms with Gasteiger partial charge in [0.05, 0.1) is 28.7 Å². The summed E-state index contributed by atoms with van der Waals surface area (Å²) < 4.78 is 13.8. The van der Waals surface area contributed by atoms with Crippen LogP contribution in [-0.2, 0) is 6.61 Å². The Morgan fingerprint density at radius 3 is 2.66 bits per heavy atom. The molecule has 0 spiro atoms. The fourth-order valence-corrected chi connectivity index (χ4v) is 5.78. The molecule has 0 bridgehead atoms. The largest absolute Gasteiger partial charge is 0.493 e. The van der Waals surface area contributed by atoms with E-state index in [0.29, 0.717) is 36.9 Å². The van der Waals surface area contributed by atoms with Gasteiger partial charge in [-0.25, -0.2) is 4.98 Å². The first-order valence-electron chi connectivity index (χ1n) is 12.4. The van der Waals surface area contributed by atoms with Crippen LogP contribution in [-0.4, -0.2) is 23.0 Å². The molecule has 1 saturated carbocycles. The number of halogens is 3. The van der Waals surface area contributed by atoms with E-state index in [1.165, 1.54) is 11.1 Å². The highest BCUT2D eigenvalue weighted by Gasteiger charge is 2.22. The molecule has 0 atom stereocenters. The Kier molecular flexibility index (Phi) is 8.36. The van der Waals surface area contributed by atoms with E-state index in [9.17, 15) is 4.79 Å². The molecule has 0 radical (unpaired) electrons. The maximum absolute atomic E-state index is 13.5. The molecule has 196 valence electrons. The average Bonchev–Trinajstić information content (AvgIpc) is 2.93. The molecule has 1 aromatic heterocycles. The summed E-state index contributed by atoms with van der Waals surface area (Å²) in [6.45, 7) is 0.237. The van der Waals surface area contributed by atoms with Crippen molar-refractivity contribution in [2.24, 2.45) is 5.10 Å². The summed E-state index contributed by atoms with van der Waals surface area (Å²) in [5.41, 5.74) is 2.07. The van der Waals surface area contributed by atoms with Crippen LogP contribution in [0.4, 0.5) is 0 Å². The van der Waals surface area contributed by atoms with Crippen molar-refractivity contribution in [3.63, 3.8) is 0 Å². The second kappa shape index (κ2) is 11.9. The Bertz CT molecular complexity index is 1570. The molecule has 1 heterocycles. The molecule has 1 aliphatic carbocycles.